The molecule has 6 nitrogen and oxygen atoms in total. The molecule has 1 aliphatic heterocycles. The van der Waals surface area contributed by atoms with Crippen LogP contribution in [0.4, 0.5) is 11.4 Å². The van der Waals surface area contributed by atoms with Gasteiger partial charge in [0, 0.05) is 24.3 Å². The van der Waals surface area contributed by atoms with Gasteiger partial charge in [-0.3, -0.25) is 9.59 Å². The lowest BCUT2D eigenvalue weighted by atomic mass is 10.1. The number of aryl methyl sites for hydroxylation is 2. The Balaban J connectivity index is 1.64. The Morgan fingerprint density at radius 2 is 1.76 bits per heavy atom. The third-order valence-electron chi connectivity index (χ3n) is 5.03. The van der Waals surface area contributed by atoms with Crippen LogP contribution in [0.3, 0.4) is 0 Å². The van der Waals surface area contributed by atoms with Crippen LogP contribution in [0, 0.1) is 19.8 Å². The summed E-state index contributed by atoms with van der Waals surface area (Å²) in [7, 11) is 0. The maximum Gasteiger partial charge on any atom is 0.338 e. The van der Waals surface area contributed by atoms with E-state index < -0.39 is 5.92 Å². The zero-order valence-electron chi connectivity index (χ0n) is 17.0. The molecule has 29 heavy (non-hydrogen) atoms. The number of esters is 1. The maximum atomic E-state index is 12.7. The molecule has 2 aromatic carbocycles. The average Bonchev–Trinajstić information content (AvgIpc) is 3.08. The van der Waals surface area contributed by atoms with Crippen LogP contribution in [0.1, 0.15) is 41.3 Å². The molecule has 3 rings (SSSR count). The summed E-state index contributed by atoms with van der Waals surface area (Å²) in [6.45, 7) is 6.61. The SMILES string of the molecule is CCCOC(=O)c1ccc(NC(=O)[C@H]2CC(=O)N(c3c(C)cccc3C)C2)cc1. The van der Waals surface area contributed by atoms with Crippen molar-refractivity contribution in [1.82, 2.24) is 0 Å². The molecule has 0 aliphatic carbocycles. The molecule has 1 fully saturated rings. The molecule has 0 aromatic heterocycles. The number of nitrogens with one attached hydrogen (secondary N) is 1. The number of carbonyl (C=O) groups is 3. The topological polar surface area (TPSA) is 75.7 Å². The van der Waals surface area contributed by atoms with Crippen LogP contribution in [0.2, 0.25) is 0 Å². The lowest BCUT2D eigenvalue weighted by molar-refractivity contribution is -0.122. The van der Waals surface area contributed by atoms with Crippen LogP contribution in [-0.2, 0) is 14.3 Å². The van der Waals surface area contributed by atoms with E-state index in [9.17, 15) is 14.4 Å². The van der Waals surface area contributed by atoms with E-state index in [1.807, 2.05) is 39.0 Å². The number of nitrogens with zero attached hydrogens (tertiary/aromatic N) is 1. The molecule has 0 unspecified atom stereocenters. The third kappa shape index (κ3) is 4.65. The quantitative estimate of drug-likeness (QED) is 0.755. The Hall–Kier alpha value is -3.15. The highest BCUT2D eigenvalue weighted by atomic mass is 16.5. The summed E-state index contributed by atoms with van der Waals surface area (Å²) in [5, 5.41) is 2.85. The van der Waals surface area contributed by atoms with Crippen LogP contribution < -0.4 is 10.2 Å². The maximum absolute atomic E-state index is 12.7. The summed E-state index contributed by atoms with van der Waals surface area (Å²) in [5.74, 6) is -1.05. The van der Waals surface area contributed by atoms with Gasteiger partial charge in [-0.2, -0.15) is 0 Å². The largest absolute Gasteiger partial charge is 0.462 e. The van der Waals surface area contributed by atoms with Gasteiger partial charge in [-0.05, 0) is 55.7 Å². The van der Waals surface area contributed by atoms with Crippen molar-refractivity contribution in [2.75, 3.05) is 23.4 Å². The second-order valence-electron chi connectivity index (χ2n) is 7.35. The molecular weight excluding hydrogens is 368 g/mol. The molecule has 0 radical (unpaired) electrons. The Morgan fingerprint density at radius 1 is 1.10 bits per heavy atom. The van der Waals surface area contributed by atoms with Gasteiger partial charge < -0.3 is 15.0 Å². The normalized spacial score (nSPS) is 16.0. The molecule has 0 bridgehead atoms. The Bertz CT molecular complexity index is 901. The fraction of sp³-hybridized carbons (Fsp3) is 0.348. The summed E-state index contributed by atoms with van der Waals surface area (Å²) in [6, 6.07) is 12.5. The molecule has 1 saturated heterocycles. The van der Waals surface area contributed by atoms with E-state index in [-0.39, 0.29) is 24.2 Å². The Labute approximate surface area is 170 Å². The van der Waals surface area contributed by atoms with Crippen molar-refractivity contribution in [2.24, 2.45) is 5.92 Å². The fourth-order valence-corrected chi connectivity index (χ4v) is 3.54. The highest BCUT2D eigenvalue weighted by molar-refractivity contribution is 6.04. The van der Waals surface area contributed by atoms with Crippen molar-refractivity contribution in [3.8, 4) is 0 Å². The first kappa shape index (κ1) is 20.6. The van der Waals surface area contributed by atoms with Crippen LogP contribution in [-0.4, -0.2) is 30.9 Å². The first-order valence-electron chi connectivity index (χ1n) is 9.85. The summed E-state index contributed by atoms with van der Waals surface area (Å²) in [4.78, 5) is 38.8. The number of para-hydroxylation sites is 1. The summed E-state index contributed by atoms with van der Waals surface area (Å²) >= 11 is 0. The van der Waals surface area contributed by atoms with Crippen molar-refractivity contribution in [3.63, 3.8) is 0 Å². The van der Waals surface area contributed by atoms with Gasteiger partial charge in [-0.1, -0.05) is 25.1 Å². The molecule has 1 heterocycles. The van der Waals surface area contributed by atoms with Crippen molar-refractivity contribution < 1.29 is 19.1 Å². The summed E-state index contributed by atoms with van der Waals surface area (Å²) in [6.07, 6.45) is 0.945. The zero-order valence-corrected chi connectivity index (χ0v) is 17.0. The lowest BCUT2D eigenvalue weighted by Gasteiger charge is -2.21. The molecule has 6 heteroatoms. The van der Waals surface area contributed by atoms with E-state index >= 15 is 0 Å². The van der Waals surface area contributed by atoms with Crippen LogP contribution in [0.5, 0.6) is 0 Å². The summed E-state index contributed by atoms with van der Waals surface area (Å²) < 4.78 is 5.10. The molecule has 1 aliphatic rings. The van der Waals surface area contributed by atoms with Gasteiger partial charge in [-0.15, -0.1) is 0 Å². The van der Waals surface area contributed by atoms with Crippen molar-refractivity contribution in [3.05, 3.63) is 59.2 Å². The van der Waals surface area contributed by atoms with E-state index in [0.717, 1.165) is 23.2 Å². The van der Waals surface area contributed by atoms with Crippen LogP contribution in [0.15, 0.2) is 42.5 Å². The number of benzene rings is 2. The monoisotopic (exact) mass is 394 g/mol. The lowest BCUT2D eigenvalue weighted by Crippen LogP contribution is -2.29. The number of ether oxygens (including phenoxy) is 1. The van der Waals surface area contributed by atoms with E-state index in [0.29, 0.717) is 24.4 Å². The van der Waals surface area contributed by atoms with E-state index in [1.165, 1.54) is 0 Å². The zero-order chi connectivity index (χ0) is 21.0. The number of hydrogen-bond acceptors (Lipinski definition) is 4. The van der Waals surface area contributed by atoms with Crippen molar-refractivity contribution in [2.45, 2.75) is 33.6 Å². The molecule has 2 aromatic rings. The molecule has 2 amide bonds. The first-order chi connectivity index (χ1) is 13.9. The second kappa shape index (κ2) is 8.90. The minimum absolute atomic E-state index is 0.0448. The molecule has 152 valence electrons. The van der Waals surface area contributed by atoms with E-state index in [1.54, 1.807) is 29.2 Å². The van der Waals surface area contributed by atoms with Crippen LogP contribution in [0.25, 0.3) is 0 Å². The average molecular weight is 394 g/mol. The highest BCUT2D eigenvalue weighted by Crippen LogP contribution is 2.31. The minimum atomic E-state index is -0.421. The predicted molar refractivity (Wildman–Crippen MR) is 112 cm³/mol. The highest BCUT2D eigenvalue weighted by Gasteiger charge is 2.36. The van der Waals surface area contributed by atoms with Crippen molar-refractivity contribution in [1.29, 1.82) is 0 Å². The smallest absolute Gasteiger partial charge is 0.338 e. The van der Waals surface area contributed by atoms with Gasteiger partial charge in [0.25, 0.3) is 0 Å². The van der Waals surface area contributed by atoms with E-state index in [2.05, 4.69) is 5.32 Å². The van der Waals surface area contributed by atoms with E-state index in [4.69, 9.17) is 4.74 Å². The Morgan fingerprint density at radius 3 is 2.38 bits per heavy atom. The van der Waals surface area contributed by atoms with Gasteiger partial charge >= 0.3 is 5.97 Å². The van der Waals surface area contributed by atoms with Gasteiger partial charge in [0.2, 0.25) is 11.8 Å². The molecule has 0 saturated carbocycles. The number of amides is 2. The van der Waals surface area contributed by atoms with Gasteiger partial charge in [0.15, 0.2) is 0 Å². The first-order valence-corrected chi connectivity index (χ1v) is 9.85. The molecular formula is C23H26N2O4. The van der Waals surface area contributed by atoms with Crippen LogP contribution >= 0.6 is 0 Å². The minimum Gasteiger partial charge on any atom is -0.462 e. The van der Waals surface area contributed by atoms with Gasteiger partial charge in [0.1, 0.15) is 0 Å². The Kier molecular flexibility index (Phi) is 6.32. The van der Waals surface area contributed by atoms with Crippen molar-refractivity contribution >= 4 is 29.2 Å². The third-order valence-corrected chi connectivity index (χ3v) is 5.03. The second-order valence-corrected chi connectivity index (χ2v) is 7.35. The standard InChI is InChI=1S/C23H26N2O4/c1-4-12-29-23(28)17-8-10-19(11-9-17)24-22(27)18-13-20(26)25(14-18)21-15(2)6-5-7-16(21)3/h5-11,18H,4,12-14H2,1-3H3,(H,24,27)/t18-/m0/s1. The molecule has 1 atom stereocenters. The molecule has 0 spiro atoms. The van der Waals surface area contributed by atoms with Gasteiger partial charge in [0.05, 0.1) is 18.1 Å². The summed E-state index contributed by atoms with van der Waals surface area (Å²) in [5.41, 5.74) is 3.95. The number of carbonyl (C=O) groups excluding carboxylic acids is 3. The molecule has 1 N–H and O–H groups in total. The number of anilines is 2. The number of rotatable bonds is 6. The fourth-order valence-electron chi connectivity index (χ4n) is 3.54. The van der Waals surface area contributed by atoms with Gasteiger partial charge in [-0.25, -0.2) is 4.79 Å². The predicted octanol–water partition coefficient (Wildman–Crippen LogP) is 3.86. The number of hydrogen-bond donors (Lipinski definition) is 1.